The van der Waals surface area contributed by atoms with Gasteiger partial charge in [-0.05, 0) is 0 Å². The first-order valence-electron chi connectivity index (χ1n) is 3.55. The Morgan fingerprint density at radius 1 is 1.07 bits per heavy atom. The van der Waals surface area contributed by atoms with Crippen molar-refractivity contribution in [2.75, 3.05) is 13.2 Å². The third-order valence-electron chi connectivity index (χ3n) is 1.02. The Morgan fingerprint density at radius 3 is 1.71 bits per heavy atom. The highest BCUT2D eigenvalue weighted by molar-refractivity contribution is 7.33. The maximum atomic E-state index is 10.8. The third kappa shape index (κ3) is 7.33. The van der Waals surface area contributed by atoms with Crippen molar-refractivity contribution in [1.82, 2.24) is 11.0 Å². The van der Waals surface area contributed by atoms with Crippen LogP contribution in [0.3, 0.4) is 0 Å². The Kier molecular flexibility index (Phi) is 8.18. The maximum Gasteiger partial charge on any atom is 0.319 e. The molecule has 0 amide bonds. The second kappa shape index (κ2) is 8.24. The molecule has 6 N–H and O–H groups in total. The molecule has 86 valence electrons. The molecule has 0 rings (SSSR count). The van der Waals surface area contributed by atoms with Crippen LogP contribution in [0.15, 0.2) is 0 Å². The summed E-state index contributed by atoms with van der Waals surface area (Å²) in [6.45, 7) is -0.867. The lowest BCUT2D eigenvalue weighted by molar-refractivity contribution is -0.0355. The fraction of sp³-hybridized carbons (Fsp3) is 1.00. The Bertz CT molecular complexity index is 154. The van der Waals surface area contributed by atoms with Gasteiger partial charge < -0.3 is 29.7 Å². The molecular weight excluding hydrogens is 219 g/mol. The standard InChI is InChI=1S/C4H13N2O7P/c7-3(5-9)1-12-14(11)13-2-4(8)6-10/h3-10,14H,1-2H2. The smallest absolute Gasteiger partial charge is 0.319 e. The van der Waals surface area contributed by atoms with Crippen LogP contribution in [0.1, 0.15) is 0 Å². The second-order valence-electron chi connectivity index (χ2n) is 2.16. The summed E-state index contributed by atoms with van der Waals surface area (Å²) in [6, 6.07) is 0. The summed E-state index contributed by atoms with van der Waals surface area (Å²) < 4.78 is 19.6. The van der Waals surface area contributed by atoms with Crippen molar-refractivity contribution in [3.05, 3.63) is 0 Å². The largest absolute Gasteiger partial charge is 0.374 e. The number of hydrogen-bond donors (Lipinski definition) is 6. The van der Waals surface area contributed by atoms with E-state index < -0.39 is 33.9 Å². The van der Waals surface area contributed by atoms with Crippen LogP contribution in [0.5, 0.6) is 0 Å². The zero-order valence-corrected chi connectivity index (χ0v) is 8.08. The molecule has 0 aliphatic heterocycles. The predicted octanol–water partition coefficient (Wildman–Crippen LogP) is -2.00. The monoisotopic (exact) mass is 232 g/mol. The van der Waals surface area contributed by atoms with E-state index in [9.17, 15) is 4.57 Å². The van der Waals surface area contributed by atoms with Crippen molar-refractivity contribution in [3.8, 4) is 0 Å². The molecule has 0 heterocycles. The SMILES string of the molecule is O=[PH](OCC(O)NO)OCC(O)NO. The van der Waals surface area contributed by atoms with Gasteiger partial charge in [-0.3, -0.25) is 4.57 Å². The van der Waals surface area contributed by atoms with E-state index in [2.05, 4.69) is 9.05 Å². The van der Waals surface area contributed by atoms with Crippen molar-refractivity contribution in [2.45, 2.75) is 12.5 Å². The molecule has 10 heteroatoms. The van der Waals surface area contributed by atoms with E-state index in [4.69, 9.17) is 20.6 Å². The van der Waals surface area contributed by atoms with Crippen molar-refractivity contribution >= 4 is 8.25 Å². The maximum absolute atomic E-state index is 10.8. The quantitative estimate of drug-likeness (QED) is 0.159. The molecule has 0 bridgehead atoms. The number of rotatable bonds is 8. The molecule has 9 nitrogen and oxygen atoms in total. The fourth-order valence-electron chi connectivity index (χ4n) is 0.410. The predicted molar refractivity (Wildman–Crippen MR) is 42.8 cm³/mol. The van der Waals surface area contributed by atoms with Crippen LogP contribution in [0, 0.1) is 0 Å². The highest BCUT2D eigenvalue weighted by atomic mass is 31.1. The van der Waals surface area contributed by atoms with Gasteiger partial charge in [0, 0.05) is 0 Å². The lowest BCUT2D eigenvalue weighted by Crippen LogP contribution is -2.30. The third-order valence-corrected chi connectivity index (χ3v) is 1.82. The van der Waals surface area contributed by atoms with Crippen molar-refractivity contribution < 1.29 is 34.2 Å². The molecule has 0 aliphatic rings. The van der Waals surface area contributed by atoms with E-state index in [0.717, 1.165) is 0 Å². The van der Waals surface area contributed by atoms with Crippen LogP contribution in [0.25, 0.3) is 0 Å². The van der Waals surface area contributed by atoms with Crippen LogP contribution >= 0.6 is 8.25 Å². The fourth-order valence-corrected chi connectivity index (χ4v) is 1.08. The van der Waals surface area contributed by atoms with Gasteiger partial charge in [0.15, 0.2) is 12.5 Å². The van der Waals surface area contributed by atoms with Crippen LogP contribution in [0.4, 0.5) is 0 Å². The Hall–Kier alpha value is -0.0900. The van der Waals surface area contributed by atoms with Crippen LogP contribution < -0.4 is 11.0 Å². The lowest BCUT2D eigenvalue weighted by atomic mass is 10.7. The first kappa shape index (κ1) is 13.9. The van der Waals surface area contributed by atoms with Gasteiger partial charge in [0.05, 0.1) is 13.2 Å². The summed E-state index contributed by atoms with van der Waals surface area (Å²) in [5, 5.41) is 33.5. The Morgan fingerprint density at radius 2 is 1.43 bits per heavy atom. The number of aliphatic hydroxyl groups is 2. The first-order chi connectivity index (χ1) is 6.60. The van der Waals surface area contributed by atoms with Crippen LogP contribution in [-0.2, 0) is 13.6 Å². The normalized spacial score (nSPS) is 17.7. The molecule has 0 aliphatic carbocycles. The Labute approximate surface area is 80.1 Å². The summed E-state index contributed by atoms with van der Waals surface area (Å²) in [5.41, 5.74) is 2.89. The molecule has 14 heavy (non-hydrogen) atoms. The van der Waals surface area contributed by atoms with E-state index in [-0.39, 0.29) is 0 Å². The highest BCUT2D eigenvalue weighted by Crippen LogP contribution is 2.23. The first-order valence-corrected chi connectivity index (χ1v) is 4.77. The summed E-state index contributed by atoms with van der Waals surface area (Å²) in [4.78, 5) is 0. The molecule has 0 spiro atoms. The summed E-state index contributed by atoms with van der Waals surface area (Å²) in [6.07, 6.45) is -2.73. The Balaban J connectivity index is 3.46. The molecular formula is C4H13N2O7P. The van der Waals surface area contributed by atoms with Crippen LogP contribution in [0.2, 0.25) is 0 Å². The van der Waals surface area contributed by atoms with Gasteiger partial charge in [0.1, 0.15) is 0 Å². The van der Waals surface area contributed by atoms with E-state index in [1.165, 1.54) is 11.0 Å². The molecule has 0 aromatic carbocycles. The summed E-state index contributed by atoms with van der Waals surface area (Å²) in [5.74, 6) is 0. The van der Waals surface area contributed by atoms with Crippen LogP contribution in [-0.4, -0.2) is 46.3 Å². The van der Waals surface area contributed by atoms with E-state index in [0.29, 0.717) is 0 Å². The number of aliphatic hydroxyl groups excluding tert-OH is 2. The minimum atomic E-state index is -2.87. The van der Waals surface area contributed by atoms with Crippen molar-refractivity contribution in [3.63, 3.8) is 0 Å². The summed E-state index contributed by atoms with van der Waals surface area (Å²) >= 11 is 0. The molecule has 0 saturated carbocycles. The summed E-state index contributed by atoms with van der Waals surface area (Å²) in [7, 11) is -2.87. The average molecular weight is 232 g/mol. The molecule has 2 atom stereocenters. The van der Waals surface area contributed by atoms with E-state index in [1.807, 2.05) is 0 Å². The number of hydroxylamine groups is 2. The molecule has 2 unspecified atom stereocenters. The average Bonchev–Trinajstić information content (AvgIpc) is 2.22. The van der Waals surface area contributed by atoms with Gasteiger partial charge in [0.2, 0.25) is 0 Å². The minimum absolute atomic E-state index is 0.434. The van der Waals surface area contributed by atoms with Gasteiger partial charge in [0.25, 0.3) is 0 Å². The van der Waals surface area contributed by atoms with Gasteiger partial charge in [-0.2, -0.15) is 11.0 Å². The van der Waals surface area contributed by atoms with Gasteiger partial charge in [-0.25, -0.2) is 0 Å². The minimum Gasteiger partial charge on any atom is -0.374 e. The molecule has 0 saturated heterocycles. The zero-order chi connectivity index (χ0) is 11.0. The zero-order valence-electron chi connectivity index (χ0n) is 7.08. The van der Waals surface area contributed by atoms with Gasteiger partial charge in [-0.15, -0.1) is 0 Å². The van der Waals surface area contributed by atoms with Crippen molar-refractivity contribution in [1.29, 1.82) is 0 Å². The number of nitrogens with one attached hydrogen (secondary N) is 2. The molecule has 0 aromatic rings. The van der Waals surface area contributed by atoms with Crippen molar-refractivity contribution in [2.24, 2.45) is 0 Å². The van der Waals surface area contributed by atoms with E-state index in [1.54, 1.807) is 0 Å². The second-order valence-corrected chi connectivity index (χ2v) is 3.24. The molecule has 0 fully saturated rings. The lowest BCUT2D eigenvalue weighted by Gasteiger charge is -2.10. The highest BCUT2D eigenvalue weighted by Gasteiger charge is 2.08. The molecule has 0 aromatic heterocycles. The number of hydrogen-bond acceptors (Lipinski definition) is 9. The molecule has 0 radical (unpaired) electrons. The topological polar surface area (TPSA) is 141 Å². The van der Waals surface area contributed by atoms with Gasteiger partial charge >= 0.3 is 8.25 Å². The van der Waals surface area contributed by atoms with Gasteiger partial charge in [-0.1, -0.05) is 0 Å². The van der Waals surface area contributed by atoms with E-state index >= 15 is 0 Å².